The largest absolute Gasteiger partial charge is 0.487 e. The molecular weight excluding hydrogens is 495 g/mol. The molecule has 198 valence electrons. The van der Waals surface area contributed by atoms with Crippen molar-refractivity contribution in [2.45, 2.75) is 64.5 Å². The highest BCUT2D eigenvalue weighted by molar-refractivity contribution is 6.30. The molecule has 0 aliphatic heterocycles. The first-order valence-electron chi connectivity index (χ1n) is 12.4. The lowest BCUT2D eigenvalue weighted by Gasteiger charge is -2.40. The molecule has 8 nitrogen and oxygen atoms in total. The number of amides is 1. The predicted molar refractivity (Wildman–Crippen MR) is 142 cm³/mol. The summed E-state index contributed by atoms with van der Waals surface area (Å²) in [6, 6.07) is 12.3. The summed E-state index contributed by atoms with van der Waals surface area (Å²) in [7, 11) is 1.56. The van der Waals surface area contributed by atoms with Crippen LogP contribution in [0.15, 0.2) is 48.7 Å². The van der Waals surface area contributed by atoms with E-state index in [0.29, 0.717) is 37.9 Å². The Bertz CT molecular complexity index is 1250. The van der Waals surface area contributed by atoms with Crippen molar-refractivity contribution < 1.29 is 13.9 Å². The molecule has 3 aromatic rings. The Morgan fingerprint density at radius 1 is 1.24 bits per heavy atom. The smallest absolute Gasteiger partial charge is 0.242 e. The van der Waals surface area contributed by atoms with Gasteiger partial charge < -0.3 is 10.1 Å². The van der Waals surface area contributed by atoms with Crippen molar-refractivity contribution in [3.8, 4) is 5.75 Å². The number of hydrogen-bond donors (Lipinski definition) is 2. The number of hydrazine groups is 1. The van der Waals surface area contributed by atoms with Crippen LogP contribution in [0, 0.1) is 11.2 Å². The van der Waals surface area contributed by atoms with E-state index in [1.165, 1.54) is 6.07 Å². The van der Waals surface area contributed by atoms with E-state index in [0.717, 1.165) is 16.5 Å². The maximum Gasteiger partial charge on any atom is 0.242 e. The van der Waals surface area contributed by atoms with Crippen molar-refractivity contribution in [2.75, 3.05) is 12.4 Å². The zero-order valence-electron chi connectivity index (χ0n) is 21.7. The van der Waals surface area contributed by atoms with Crippen molar-refractivity contribution in [3.63, 3.8) is 0 Å². The highest BCUT2D eigenvalue weighted by atomic mass is 35.5. The molecule has 3 N–H and O–H groups in total. The molecule has 0 unspecified atom stereocenters. The first-order valence-corrected chi connectivity index (χ1v) is 12.8. The molecule has 0 saturated heterocycles. The zero-order valence-corrected chi connectivity index (χ0v) is 22.4. The van der Waals surface area contributed by atoms with Gasteiger partial charge in [-0.1, -0.05) is 23.7 Å². The third-order valence-corrected chi connectivity index (χ3v) is 7.03. The number of ether oxygens (including phenoxy) is 1. The minimum atomic E-state index is -0.727. The Morgan fingerprint density at radius 3 is 2.62 bits per heavy atom. The maximum absolute atomic E-state index is 14.3. The molecule has 1 saturated carbocycles. The SMILES string of the molecule is CN(N)C(=O)[C@]1(Cc2cccc(Nc3ccnn3C(C)(C)C)n2)CC[C@@H](Oc2cccc(Cl)c2F)CC1. The Morgan fingerprint density at radius 2 is 1.95 bits per heavy atom. The number of carbonyl (C=O) groups excluding carboxylic acids is 1. The molecule has 0 atom stereocenters. The number of pyridine rings is 1. The van der Waals surface area contributed by atoms with Crippen LogP contribution < -0.4 is 15.9 Å². The fraction of sp³-hybridized carbons (Fsp3) is 0.444. The maximum atomic E-state index is 14.3. The topological polar surface area (TPSA) is 98.3 Å². The summed E-state index contributed by atoms with van der Waals surface area (Å²) >= 11 is 5.90. The molecule has 1 aromatic carbocycles. The van der Waals surface area contributed by atoms with Gasteiger partial charge in [0.15, 0.2) is 11.6 Å². The molecule has 10 heteroatoms. The van der Waals surface area contributed by atoms with Crippen LogP contribution in [0.25, 0.3) is 0 Å². The first-order chi connectivity index (χ1) is 17.5. The molecule has 1 amide bonds. The van der Waals surface area contributed by atoms with Crippen LogP contribution in [0.5, 0.6) is 5.75 Å². The average molecular weight is 529 g/mol. The second-order valence-corrected chi connectivity index (χ2v) is 11.1. The minimum Gasteiger partial charge on any atom is -0.487 e. The number of aromatic nitrogens is 3. The van der Waals surface area contributed by atoms with Crippen LogP contribution in [0.1, 0.15) is 52.1 Å². The van der Waals surface area contributed by atoms with E-state index >= 15 is 0 Å². The summed E-state index contributed by atoms with van der Waals surface area (Å²) in [4.78, 5) is 18.1. The number of nitrogens with two attached hydrogens (primary N) is 1. The minimum absolute atomic E-state index is 0.0210. The van der Waals surface area contributed by atoms with Gasteiger partial charge in [0, 0.05) is 25.2 Å². The summed E-state index contributed by atoms with van der Waals surface area (Å²) in [6.07, 6.45) is 4.18. The molecule has 0 bridgehead atoms. The monoisotopic (exact) mass is 528 g/mol. The number of nitrogens with zero attached hydrogens (tertiary/aromatic N) is 4. The van der Waals surface area contributed by atoms with Gasteiger partial charge in [-0.2, -0.15) is 5.10 Å². The van der Waals surface area contributed by atoms with Gasteiger partial charge in [0.25, 0.3) is 0 Å². The van der Waals surface area contributed by atoms with E-state index in [1.807, 2.05) is 28.9 Å². The van der Waals surface area contributed by atoms with Crippen LogP contribution in [-0.4, -0.2) is 38.8 Å². The van der Waals surface area contributed by atoms with Crippen LogP contribution >= 0.6 is 11.6 Å². The van der Waals surface area contributed by atoms with Crippen molar-refractivity contribution in [3.05, 3.63) is 65.2 Å². The molecule has 0 radical (unpaired) electrons. The fourth-order valence-electron chi connectivity index (χ4n) is 4.91. The van der Waals surface area contributed by atoms with E-state index in [1.54, 1.807) is 25.4 Å². The quantitative estimate of drug-likeness (QED) is 0.240. The van der Waals surface area contributed by atoms with Crippen LogP contribution in [0.3, 0.4) is 0 Å². The van der Waals surface area contributed by atoms with Gasteiger partial charge in [-0.25, -0.2) is 19.9 Å². The number of rotatable bonds is 7. The molecule has 4 rings (SSSR count). The van der Waals surface area contributed by atoms with Gasteiger partial charge in [0.1, 0.15) is 11.6 Å². The first kappa shape index (κ1) is 26.9. The van der Waals surface area contributed by atoms with Crippen molar-refractivity contribution >= 4 is 29.1 Å². The molecule has 0 spiro atoms. The normalized spacial score (nSPS) is 19.9. The number of nitrogens with one attached hydrogen (secondary N) is 1. The number of halogens is 2. The van der Waals surface area contributed by atoms with Crippen LogP contribution in [-0.2, 0) is 16.8 Å². The average Bonchev–Trinajstić information content (AvgIpc) is 3.32. The summed E-state index contributed by atoms with van der Waals surface area (Å²) < 4.78 is 22.2. The molecule has 1 fully saturated rings. The number of anilines is 2. The third-order valence-electron chi connectivity index (χ3n) is 6.73. The molecule has 1 aliphatic carbocycles. The van der Waals surface area contributed by atoms with Crippen LogP contribution in [0.2, 0.25) is 5.02 Å². The zero-order chi connectivity index (χ0) is 26.8. The Balaban J connectivity index is 1.51. The van der Waals surface area contributed by atoms with Gasteiger partial charge in [-0.3, -0.25) is 9.80 Å². The van der Waals surface area contributed by atoms with Crippen LogP contribution in [0.4, 0.5) is 16.0 Å². The summed E-state index contributed by atoms with van der Waals surface area (Å²) in [5, 5.41) is 8.94. The standard InChI is InChI=1S/C27H34ClFN6O2/c1-26(2,3)35-23(13-16-31-35)33-22-10-5-7-18(32-22)17-27(25(36)34(4)30)14-11-19(12-15-27)37-21-9-6-8-20(28)24(21)29/h5-10,13,16,19H,11-12,14-15,17,30H2,1-4H3,(H,32,33)/t19-,27-. The van der Waals surface area contributed by atoms with Gasteiger partial charge in [-0.05, 0) is 70.7 Å². The second kappa shape index (κ2) is 10.7. The molecular formula is C27H34ClFN6O2. The van der Waals surface area contributed by atoms with E-state index in [4.69, 9.17) is 27.2 Å². The van der Waals surface area contributed by atoms with Crippen molar-refractivity contribution in [1.29, 1.82) is 0 Å². The van der Waals surface area contributed by atoms with Gasteiger partial charge in [0.2, 0.25) is 5.91 Å². The van der Waals surface area contributed by atoms with E-state index in [-0.39, 0.29) is 28.3 Å². The lowest BCUT2D eigenvalue weighted by atomic mass is 9.69. The van der Waals surface area contributed by atoms with E-state index < -0.39 is 11.2 Å². The predicted octanol–water partition coefficient (Wildman–Crippen LogP) is 5.45. The summed E-state index contributed by atoms with van der Waals surface area (Å²) in [6.45, 7) is 6.23. The van der Waals surface area contributed by atoms with Crippen molar-refractivity contribution in [1.82, 2.24) is 19.8 Å². The van der Waals surface area contributed by atoms with E-state index in [2.05, 4.69) is 31.2 Å². The number of hydrogen-bond acceptors (Lipinski definition) is 6. The van der Waals surface area contributed by atoms with Gasteiger partial charge in [0.05, 0.1) is 28.3 Å². The lowest BCUT2D eigenvalue weighted by molar-refractivity contribution is -0.144. The highest BCUT2D eigenvalue weighted by Crippen LogP contribution is 2.42. The Kier molecular flexibility index (Phi) is 7.75. The summed E-state index contributed by atoms with van der Waals surface area (Å²) in [5.74, 6) is 6.83. The van der Waals surface area contributed by atoms with E-state index in [9.17, 15) is 9.18 Å². The Hall–Kier alpha value is -3.17. The highest BCUT2D eigenvalue weighted by Gasteiger charge is 2.44. The fourth-order valence-corrected chi connectivity index (χ4v) is 5.08. The molecule has 1 aliphatic rings. The number of benzene rings is 1. The van der Waals surface area contributed by atoms with Crippen molar-refractivity contribution in [2.24, 2.45) is 11.3 Å². The molecule has 2 aromatic heterocycles. The second-order valence-electron chi connectivity index (χ2n) is 10.7. The Labute approximate surface area is 221 Å². The molecule has 37 heavy (non-hydrogen) atoms. The lowest BCUT2D eigenvalue weighted by Crippen LogP contribution is -2.49. The molecule has 2 heterocycles. The number of carbonyl (C=O) groups is 1. The third kappa shape index (κ3) is 6.05. The van der Waals surface area contributed by atoms with Gasteiger partial charge in [-0.15, -0.1) is 0 Å². The summed E-state index contributed by atoms with van der Waals surface area (Å²) in [5.41, 5.74) is -0.141. The van der Waals surface area contributed by atoms with Gasteiger partial charge >= 0.3 is 0 Å².